The molecule has 1 heterocycles. The van der Waals surface area contributed by atoms with Gasteiger partial charge in [0.1, 0.15) is 6.04 Å². The highest BCUT2D eigenvalue weighted by atomic mass is 32.2. The van der Waals surface area contributed by atoms with Crippen LogP contribution in [0.15, 0.2) is 52.9 Å². The number of amides is 1. The van der Waals surface area contributed by atoms with Crippen molar-refractivity contribution >= 4 is 55.5 Å². The summed E-state index contributed by atoms with van der Waals surface area (Å²) in [4.78, 5) is 23.7. The van der Waals surface area contributed by atoms with Crippen molar-refractivity contribution in [2.24, 2.45) is 0 Å². The van der Waals surface area contributed by atoms with Crippen molar-refractivity contribution in [1.82, 2.24) is 10.2 Å². The van der Waals surface area contributed by atoms with Gasteiger partial charge in [-0.25, -0.2) is 8.42 Å². The number of nitro groups is 1. The Morgan fingerprint density at radius 3 is 2.56 bits per heavy atom. The Morgan fingerprint density at radius 1 is 1.24 bits per heavy atom. The lowest BCUT2D eigenvalue weighted by atomic mass is 10.1. The zero-order valence-corrected chi connectivity index (χ0v) is 21.1. The Labute approximate surface area is 205 Å². The van der Waals surface area contributed by atoms with Crippen LogP contribution in [0.5, 0.6) is 0 Å². The molecule has 3 rings (SSSR count). The number of benzene rings is 2. The van der Waals surface area contributed by atoms with Crippen molar-refractivity contribution in [2.45, 2.75) is 36.4 Å². The van der Waals surface area contributed by atoms with E-state index in [0.29, 0.717) is 15.7 Å². The van der Waals surface area contributed by atoms with Crippen molar-refractivity contribution in [3.8, 4) is 0 Å². The Bertz CT molecular complexity index is 1280. The normalized spacial score (nSPS) is 12.2. The van der Waals surface area contributed by atoms with E-state index in [1.54, 1.807) is 13.8 Å². The van der Waals surface area contributed by atoms with Gasteiger partial charge in [0, 0.05) is 17.9 Å². The Hall–Kier alpha value is -3.03. The molecule has 0 saturated carbocycles. The van der Waals surface area contributed by atoms with Crippen molar-refractivity contribution in [3.05, 3.63) is 69.8 Å². The number of thioether (sulfide) groups is 1. The predicted octanol–water partition coefficient (Wildman–Crippen LogP) is 4.23. The minimum absolute atomic E-state index is 0.0788. The topological polar surface area (TPSA) is 135 Å². The lowest BCUT2D eigenvalue weighted by molar-refractivity contribution is -0.384. The smallest absolute Gasteiger partial charge is 0.271 e. The maximum atomic E-state index is 13.1. The van der Waals surface area contributed by atoms with E-state index in [9.17, 15) is 23.3 Å². The Morgan fingerprint density at radius 2 is 1.94 bits per heavy atom. The summed E-state index contributed by atoms with van der Waals surface area (Å²) in [7, 11) is -3.95. The minimum atomic E-state index is -3.95. The predicted molar refractivity (Wildman–Crippen MR) is 134 cm³/mol. The summed E-state index contributed by atoms with van der Waals surface area (Å²) in [5.74, 6) is 0.0872. The van der Waals surface area contributed by atoms with Gasteiger partial charge in [-0.05, 0) is 24.5 Å². The first-order valence-corrected chi connectivity index (χ1v) is 13.8. The van der Waals surface area contributed by atoms with Crippen molar-refractivity contribution in [2.75, 3.05) is 15.9 Å². The molecule has 2 aromatic carbocycles. The first kappa shape index (κ1) is 25.6. The summed E-state index contributed by atoms with van der Waals surface area (Å²) in [5, 5.41) is 22.2. The number of aromatic nitrogens is 2. The third kappa shape index (κ3) is 6.30. The molecule has 0 saturated heterocycles. The quantitative estimate of drug-likeness (QED) is 0.181. The Balaban J connectivity index is 1.81. The number of hydrogen-bond acceptors (Lipinski definition) is 9. The summed E-state index contributed by atoms with van der Waals surface area (Å²) in [6.45, 7) is 3.29. The fraction of sp³-hybridized carbons (Fsp3) is 0.286. The van der Waals surface area contributed by atoms with Gasteiger partial charge in [-0.15, -0.1) is 10.2 Å². The monoisotopic (exact) mass is 521 g/mol. The molecule has 3 aromatic rings. The van der Waals surface area contributed by atoms with Crippen LogP contribution in [0.1, 0.15) is 24.5 Å². The number of carbonyl (C=O) groups excluding carboxylic acids is 1. The highest BCUT2D eigenvalue weighted by Crippen LogP contribution is 2.32. The van der Waals surface area contributed by atoms with Crippen molar-refractivity contribution in [3.63, 3.8) is 0 Å². The first-order valence-electron chi connectivity index (χ1n) is 10.2. The number of anilines is 2. The van der Waals surface area contributed by atoms with E-state index in [0.717, 1.165) is 22.2 Å². The van der Waals surface area contributed by atoms with Crippen LogP contribution in [0.4, 0.5) is 16.5 Å². The highest BCUT2D eigenvalue weighted by Gasteiger charge is 2.33. The summed E-state index contributed by atoms with van der Waals surface area (Å²) in [6, 6.07) is 12.6. The maximum Gasteiger partial charge on any atom is 0.271 e. The van der Waals surface area contributed by atoms with Crippen LogP contribution >= 0.6 is 23.1 Å². The zero-order chi connectivity index (χ0) is 24.9. The summed E-state index contributed by atoms with van der Waals surface area (Å²) in [6.07, 6.45) is 1.10. The van der Waals surface area contributed by atoms with Crippen LogP contribution in [-0.2, 0) is 20.6 Å². The molecular weight excluding hydrogens is 498 g/mol. The van der Waals surface area contributed by atoms with E-state index >= 15 is 0 Å². The average Bonchev–Trinajstić information content (AvgIpc) is 3.23. The number of nitro benzene ring substituents is 1. The van der Waals surface area contributed by atoms with E-state index < -0.39 is 26.9 Å². The molecule has 13 heteroatoms. The molecule has 0 spiro atoms. The lowest BCUT2D eigenvalue weighted by Crippen LogP contribution is -2.47. The number of hydrogen-bond donors (Lipinski definition) is 1. The van der Waals surface area contributed by atoms with Crippen molar-refractivity contribution in [1.29, 1.82) is 0 Å². The second kappa shape index (κ2) is 10.9. The molecule has 0 radical (unpaired) electrons. The molecule has 1 amide bonds. The molecule has 180 valence electrons. The molecule has 0 bridgehead atoms. The largest absolute Gasteiger partial charge is 0.299 e. The number of carbonyl (C=O) groups is 1. The van der Waals surface area contributed by atoms with E-state index in [-0.39, 0.29) is 22.9 Å². The molecule has 0 unspecified atom stereocenters. The molecule has 0 aliphatic rings. The van der Waals surface area contributed by atoms with E-state index in [1.807, 2.05) is 30.3 Å². The van der Waals surface area contributed by atoms with Crippen LogP contribution in [0.25, 0.3) is 0 Å². The molecule has 1 atom stereocenters. The van der Waals surface area contributed by atoms with E-state index in [2.05, 4.69) is 15.5 Å². The third-order valence-corrected chi connectivity index (χ3v) is 8.02. The number of sulfonamides is 1. The fourth-order valence-corrected chi connectivity index (χ4v) is 6.18. The SMILES string of the molecule is CC[C@H](C(=O)Nc1nnc(SCc2ccccc2)s1)N(c1cc([N+](=O)[O-])ccc1C)S(C)(=O)=O. The number of nitrogens with one attached hydrogen (secondary N) is 1. The van der Waals surface area contributed by atoms with Gasteiger partial charge in [-0.1, -0.05) is 66.4 Å². The van der Waals surface area contributed by atoms with Crippen LogP contribution in [0.2, 0.25) is 0 Å². The molecule has 0 aliphatic heterocycles. The van der Waals surface area contributed by atoms with Crippen LogP contribution < -0.4 is 9.62 Å². The second-order valence-electron chi connectivity index (χ2n) is 7.35. The van der Waals surface area contributed by atoms with Crippen molar-refractivity contribution < 1.29 is 18.1 Å². The summed E-state index contributed by atoms with van der Waals surface area (Å²) < 4.78 is 27.0. The molecule has 1 aromatic heterocycles. The highest BCUT2D eigenvalue weighted by molar-refractivity contribution is 8.00. The number of nitrogens with zero attached hydrogens (tertiary/aromatic N) is 4. The van der Waals surface area contributed by atoms with Gasteiger partial charge < -0.3 is 0 Å². The number of rotatable bonds is 10. The lowest BCUT2D eigenvalue weighted by Gasteiger charge is -2.30. The van der Waals surface area contributed by atoms with Gasteiger partial charge in [-0.2, -0.15) is 0 Å². The van der Waals surface area contributed by atoms with Crippen LogP contribution in [0.3, 0.4) is 0 Å². The molecular formula is C21H23N5O5S3. The molecule has 0 fully saturated rings. The van der Waals surface area contributed by atoms with Gasteiger partial charge in [-0.3, -0.25) is 24.5 Å². The second-order valence-corrected chi connectivity index (χ2v) is 11.4. The average molecular weight is 522 g/mol. The number of aryl methyl sites for hydroxylation is 1. The van der Waals surface area contributed by atoms with Crippen LogP contribution in [-0.4, -0.2) is 41.7 Å². The van der Waals surface area contributed by atoms with Gasteiger partial charge in [0.15, 0.2) is 4.34 Å². The minimum Gasteiger partial charge on any atom is -0.299 e. The standard InChI is InChI=1S/C21H23N5O5S3/c1-4-17(25(34(3,30)31)18-12-16(26(28)29)11-10-14(18)2)19(27)22-20-23-24-21(33-20)32-13-15-8-6-5-7-9-15/h5-12,17H,4,13H2,1-3H3,(H,22,23,27)/t17-/m1/s1. The zero-order valence-electron chi connectivity index (χ0n) is 18.7. The fourth-order valence-electron chi connectivity index (χ4n) is 3.21. The van der Waals surface area contributed by atoms with Gasteiger partial charge in [0.05, 0.1) is 16.9 Å². The van der Waals surface area contributed by atoms with Crippen LogP contribution in [0, 0.1) is 17.0 Å². The summed E-state index contributed by atoms with van der Waals surface area (Å²) >= 11 is 2.66. The number of non-ortho nitro benzene ring substituents is 1. The summed E-state index contributed by atoms with van der Waals surface area (Å²) in [5.41, 5.74) is 1.41. The Kier molecular flexibility index (Phi) is 8.23. The molecule has 1 N–H and O–H groups in total. The third-order valence-electron chi connectivity index (χ3n) is 4.81. The van der Waals surface area contributed by atoms with Gasteiger partial charge in [0.2, 0.25) is 21.1 Å². The molecule has 0 aliphatic carbocycles. The van der Waals surface area contributed by atoms with Gasteiger partial charge >= 0.3 is 0 Å². The van der Waals surface area contributed by atoms with E-state index in [1.165, 1.54) is 35.2 Å². The molecule has 34 heavy (non-hydrogen) atoms. The van der Waals surface area contributed by atoms with Gasteiger partial charge in [0.25, 0.3) is 5.69 Å². The van der Waals surface area contributed by atoms with E-state index in [4.69, 9.17) is 0 Å². The first-order chi connectivity index (χ1) is 16.1. The maximum absolute atomic E-state index is 13.1. The molecule has 10 nitrogen and oxygen atoms in total.